The SMILES string of the molecule is CC(C)c1c(-c2ccc(O)cc2)[nH]c2nccnc12. The van der Waals surface area contributed by atoms with Crippen LogP contribution in [0, 0.1) is 0 Å². The van der Waals surface area contributed by atoms with E-state index in [4.69, 9.17) is 0 Å². The molecule has 1 aromatic carbocycles. The molecule has 0 aliphatic heterocycles. The molecule has 0 amide bonds. The third kappa shape index (κ3) is 1.95. The van der Waals surface area contributed by atoms with Gasteiger partial charge in [-0.25, -0.2) is 4.98 Å². The fourth-order valence-electron chi connectivity index (χ4n) is 2.35. The van der Waals surface area contributed by atoms with Crippen LogP contribution in [-0.2, 0) is 0 Å². The number of benzene rings is 1. The van der Waals surface area contributed by atoms with Crippen LogP contribution in [0.1, 0.15) is 25.3 Å². The zero-order valence-electron chi connectivity index (χ0n) is 10.9. The summed E-state index contributed by atoms with van der Waals surface area (Å²) in [5.41, 5.74) is 4.93. The summed E-state index contributed by atoms with van der Waals surface area (Å²) in [4.78, 5) is 12.1. The second-order valence-corrected chi connectivity index (χ2v) is 4.87. The molecule has 2 heterocycles. The van der Waals surface area contributed by atoms with E-state index in [1.807, 2.05) is 12.1 Å². The lowest BCUT2D eigenvalue weighted by atomic mass is 9.98. The van der Waals surface area contributed by atoms with Gasteiger partial charge in [0.25, 0.3) is 0 Å². The highest BCUT2D eigenvalue weighted by Gasteiger charge is 2.17. The minimum Gasteiger partial charge on any atom is -0.508 e. The zero-order valence-corrected chi connectivity index (χ0v) is 10.9. The van der Waals surface area contributed by atoms with Crippen molar-refractivity contribution in [2.45, 2.75) is 19.8 Å². The average molecular weight is 253 g/mol. The Kier molecular flexibility index (Phi) is 2.71. The number of hydrogen-bond acceptors (Lipinski definition) is 3. The van der Waals surface area contributed by atoms with E-state index in [-0.39, 0.29) is 5.75 Å². The summed E-state index contributed by atoms with van der Waals surface area (Å²) >= 11 is 0. The van der Waals surface area contributed by atoms with E-state index in [0.29, 0.717) is 5.92 Å². The van der Waals surface area contributed by atoms with Crippen molar-refractivity contribution in [1.82, 2.24) is 15.0 Å². The first-order chi connectivity index (χ1) is 9.16. The predicted octanol–water partition coefficient (Wildman–Crippen LogP) is 3.45. The van der Waals surface area contributed by atoms with Gasteiger partial charge >= 0.3 is 0 Å². The second-order valence-electron chi connectivity index (χ2n) is 4.87. The van der Waals surface area contributed by atoms with Crippen molar-refractivity contribution in [2.75, 3.05) is 0 Å². The Labute approximate surface area is 111 Å². The van der Waals surface area contributed by atoms with E-state index >= 15 is 0 Å². The van der Waals surface area contributed by atoms with Crippen LogP contribution in [0.3, 0.4) is 0 Å². The van der Waals surface area contributed by atoms with Crippen molar-refractivity contribution in [3.8, 4) is 17.0 Å². The van der Waals surface area contributed by atoms with Gasteiger partial charge in [0.05, 0.1) is 5.69 Å². The molecular weight excluding hydrogens is 238 g/mol. The van der Waals surface area contributed by atoms with E-state index in [0.717, 1.165) is 28.0 Å². The summed E-state index contributed by atoms with van der Waals surface area (Å²) in [6, 6.07) is 7.16. The molecule has 96 valence electrons. The number of aromatic hydroxyl groups is 1. The maximum atomic E-state index is 9.39. The molecule has 0 saturated heterocycles. The van der Waals surface area contributed by atoms with Crippen molar-refractivity contribution in [3.05, 3.63) is 42.2 Å². The number of nitrogens with one attached hydrogen (secondary N) is 1. The fourth-order valence-corrected chi connectivity index (χ4v) is 2.35. The van der Waals surface area contributed by atoms with Crippen LogP contribution in [0.5, 0.6) is 5.75 Å². The van der Waals surface area contributed by atoms with Crippen LogP contribution in [0.4, 0.5) is 0 Å². The molecule has 0 spiro atoms. The number of aromatic nitrogens is 3. The van der Waals surface area contributed by atoms with Gasteiger partial charge in [0.1, 0.15) is 11.3 Å². The number of phenolic OH excluding ortho intramolecular Hbond substituents is 1. The number of rotatable bonds is 2. The summed E-state index contributed by atoms with van der Waals surface area (Å²) in [7, 11) is 0. The smallest absolute Gasteiger partial charge is 0.156 e. The quantitative estimate of drug-likeness (QED) is 0.735. The van der Waals surface area contributed by atoms with E-state index < -0.39 is 0 Å². The Morgan fingerprint density at radius 1 is 1.05 bits per heavy atom. The largest absolute Gasteiger partial charge is 0.508 e. The Balaban J connectivity index is 2.28. The predicted molar refractivity (Wildman–Crippen MR) is 75.1 cm³/mol. The highest BCUT2D eigenvalue weighted by atomic mass is 16.3. The number of fused-ring (bicyclic) bond motifs is 1. The molecule has 2 aromatic heterocycles. The first-order valence-electron chi connectivity index (χ1n) is 6.29. The normalized spacial score (nSPS) is 11.3. The van der Waals surface area contributed by atoms with E-state index in [9.17, 15) is 5.11 Å². The number of hydrogen-bond donors (Lipinski definition) is 2. The van der Waals surface area contributed by atoms with Crippen LogP contribution in [0.25, 0.3) is 22.4 Å². The molecule has 19 heavy (non-hydrogen) atoms. The molecule has 4 heteroatoms. The van der Waals surface area contributed by atoms with Crippen molar-refractivity contribution in [1.29, 1.82) is 0 Å². The molecule has 0 atom stereocenters. The number of phenols is 1. The lowest BCUT2D eigenvalue weighted by molar-refractivity contribution is 0.475. The van der Waals surface area contributed by atoms with Gasteiger partial charge in [-0.1, -0.05) is 13.8 Å². The molecule has 3 aromatic rings. The van der Waals surface area contributed by atoms with Gasteiger partial charge in [-0.3, -0.25) is 4.98 Å². The molecule has 0 saturated carbocycles. The number of aromatic amines is 1. The highest BCUT2D eigenvalue weighted by Crippen LogP contribution is 2.34. The molecule has 0 bridgehead atoms. The Morgan fingerprint density at radius 3 is 2.42 bits per heavy atom. The fraction of sp³-hybridized carbons (Fsp3) is 0.200. The molecule has 0 unspecified atom stereocenters. The lowest BCUT2D eigenvalue weighted by Gasteiger charge is -2.07. The molecule has 0 fully saturated rings. The summed E-state index contributed by atoms with van der Waals surface area (Å²) in [6.07, 6.45) is 3.40. The first-order valence-corrected chi connectivity index (χ1v) is 6.29. The van der Waals surface area contributed by atoms with Gasteiger partial charge in [0.2, 0.25) is 0 Å². The van der Waals surface area contributed by atoms with E-state index in [1.165, 1.54) is 0 Å². The van der Waals surface area contributed by atoms with Crippen molar-refractivity contribution in [3.63, 3.8) is 0 Å². The van der Waals surface area contributed by atoms with Gasteiger partial charge in [0.15, 0.2) is 5.65 Å². The summed E-state index contributed by atoms with van der Waals surface area (Å²) in [5.74, 6) is 0.608. The van der Waals surface area contributed by atoms with Crippen molar-refractivity contribution < 1.29 is 5.11 Å². The molecule has 3 rings (SSSR count). The maximum absolute atomic E-state index is 9.39. The highest BCUT2D eigenvalue weighted by molar-refractivity contribution is 5.85. The second kappa shape index (κ2) is 4.39. The lowest BCUT2D eigenvalue weighted by Crippen LogP contribution is -1.90. The van der Waals surface area contributed by atoms with Crippen LogP contribution in [-0.4, -0.2) is 20.1 Å². The van der Waals surface area contributed by atoms with Crippen molar-refractivity contribution in [2.24, 2.45) is 0 Å². The first kappa shape index (κ1) is 11.7. The van der Waals surface area contributed by atoms with Gasteiger partial charge in [-0.15, -0.1) is 0 Å². The van der Waals surface area contributed by atoms with Crippen LogP contribution in [0.15, 0.2) is 36.7 Å². The van der Waals surface area contributed by atoms with E-state index in [1.54, 1.807) is 24.5 Å². The monoisotopic (exact) mass is 253 g/mol. The Morgan fingerprint density at radius 2 is 1.74 bits per heavy atom. The Hall–Kier alpha value is -2.36. The summed E-state index contributed by atoms with van der Waals surface area (Å²) < 4.78 is 0. The number of H-pyrrole nitrogens is 1. The Bertz CT molecular complexity index is 714. The van der Waals surface area contributed by atoms with Crippen molar-refractivity contribution >= 4 is 11.2 Å². The average Bonchev–Trinajstić information content (AvgIpc) is 2.78. The molecule has 0 aliphatic rings. The molecular formula is C15H15N3O. The minimum atomic E-state index is 0.266. The standard InChI is InChI=1S/C15H15N3O/c1-9(2)12-13(10-3-5-11(19)6-4-10)18-15-14(12)16-7-8-17-15/h3-9,19H,1-2H3,(H,17,18). The summed E-state index contributed by atoms with van der Waals surface area (Å²) in [5, 5.41) is 9.39. The van der Waals surface area contributed by atoms with Crippen LogP contribution >= 0.6 is 0 Å². The van der Waals surface area contributed by atoms with Crippen LogP contribution in [0.2, 0.25) is 0 Å². The maximum Gasteiger partial charge on any atom is 0.156 e. The van der Waals surface area contributed by atoms with Gasteiger partial charge in [-0.05, 0) is 35.7 Å². The van der Waals surface area contributed by atoms with Gasteiger partial charge in [-0.2, -0.15) is 0 Å². The number of nitrogens with zero attached hydrogens (tertiary/aromatic N) is 2. The zero-order chi connectivity index (χ0) is 13.4. The molecule has 2 N–H and O–H groups in total. The van der Waals surface area contributed by atoms with Gasteiger partial charge in [0, 0.05) is 18.0 Å². The molecule has 4 nitrogen and oxygen atoms in total. The molecule has 0 radical (unpaired) electrons. The van der Waals surface area contributed by atoms with E-state index in [2.05, 4.69) is 28.8 Å². The van der Waals surface area contributed by atoms with Crippen LogP contribution < -0.4 is 0 Å². The topological polar surface area (TPSA) is 61.8 Å². The minimum absolute atomic E-state index is 0.266. The molecule has 0 aliphatic carbocycles. The third-order valence-corrected chi connectivity index (χ3v) is 3.20. The van der Waals surface area contributed by atoms with Gasteiger partial charge < -0.3 is 10.1 Å². The third-order valence-electron chi connectivity index (χ3n) is 3.20. The summed E-state index contributed by atoms with van der Waals surface area (Å²) in [6.45, 7) is 4.28.